The van der Waals surface area contributed by atoms with E-state index in [4.69, 9.17) is 0 Å². The molecule has 0 fully saturated rings. The quantitative estimate of drug-likeness (QED) is 0.815. The number of nitrogens with zero attached hydrogens (tertiary/aromatic N) is 1. The van der Waals surface area contributed by atoms with E-state index in [9.17, 15) is 13.2 Å². The number of hydrogen-bond acceptors (Lipinski definition) is 4. The van der Waals surface area contributed by atoms with Crippen molar-refractivity contribution in [1.82, 2.24) is 0 Å². The first-order valence-electron chi connectivity index (χ1n) is 6.69. The van der Waals surface area contributed by atoms with Crippen LogP contribution in [0.2, 0.25) is 0 Å². The minimum atomic E-state index is -3.90. The lowest BCUT2D eigenvalue weighted by Crippen LogP contribution is -2.35. The van der Waals surface area contributed by atoms with Crippen LogP contribution in [-0.4, -0.2) is 25.8 Å². The van der Waals surface area contributed by atoms with Crippen LogP contribution in [0.4, 0.5) is 0 Å². The highest BCUT2D eigenvalue weighted by Crippen LogP contribution is 2.30. The van der Waals surface area contributed by atoms with Crippen LogP contribution in [0.25, 0.3) is 11.1 Å². The number of aldehydes is 1. The fourth-order valence-corrected chi connectivity index (χ4v) is 3.78. The largest absolute Gasteiger partial charge is 0.299 e. The van der Waals surface area contributed by atoms with Crippen LogP contribution in [0.1, 0.15) is 0 Å². The Bertz CT molecular complexity index is 839. The Hall–Kier alpha value is -2.53. The molecule has 4 nitrogen and oxygen atoms in total. The summed E-state index contributed by atoms with van der Waals surface area (Å²) in [6.45, 7) is 0. The van der Waals surface area contributed by atoms with E-state index in [-0.39, 0.29) is 4.90 Å². The van der Waals surface area contributed by atoms with Gasteiger partial charge in [0.1, 0.15) is 0 Å². The zero-order valence-corrected chi connectivity index (χ0v) is 12.4. The van der Waals surface area contributed by atoms with E-state index in [1.54, 1.807) is 12.1 Å². The Morgan fingerprint density at radius 2 is 1.55 bits per heavy atom. The predicted octanol–water partition coefficient (Wildman–Crippen LogP) is 2.66. The highest BCUT2D eigenvalue weighted by atomic mass is 32.2. The van der Waals surface area contributed by atoms with Crippen LogP contribution in [0.5, 0.6) is 0 Å². The van der Waals surface area contributed by atoms with Crippen molar-refractivity contribution in [2.75, 3.05) is 0 Å². The number of allylic oxidation sites excluding steroid dienone is 1. The average Bonchev–Trinajstić information content (AvgIpc) is 3.07. The van der Waals surface area contributed by atoms with Crippen LogP contribution >= 0.6 is 0 Å². The Morgan fingerprint density at radius 1 is 0.909 bits per heavy atom. The molecule has 0 amide bonds. The summed E-state index contributed by atoms with van der Waals surface area (Å²) < 4.78 is 25.3. The van der Waals surface area contributed by atoms with Crippen molar-refractivity contribution in [2.24, 2.45) is 4.99 Å². The van der Waals surface area contributed by atoms with Gasteiger partial charge in [-0.1, -0.05) is 42.5 Å². The minimum absolute atomic E-state index is 0.0722. The van der Waals surface area contributed by atoms with E-state index in [0.717, 1.165) is 11.1 Å². The monoisotopic (exact) mass is 311 g/mol. The molecule has 1 atom stereocenters. The number of carbonyl (C=O) groups is 1. The summed E-state index contributed by atoms with van der Waals surface area (Å²) in [5, 5.41) is 0. The highest BCUT2D eigenvalue weighted by Gasteiger charge is 2.43. The molecule has 0 saturated heterocycles. The van der Waals surface area contributed by atoms with Crippen LogP contribution < -0.4 is 0 Å². The van der Waals surface area contributed by atoms with Crippen molar-refractivity contribution in [3.63, 3.8) is 0 Å². The molecule has 0 N–H and O–H groups in total. The number of benzene rings is 2. The van der Waals surface area contributed by atoms with Crippen LogP contribution in [0.3, 0.4) is 0 Å². The number of aliphatic imine (C=N–C) groups is 1. The normalized spacial score (nSPS) is 20.2. The Kier molecular flexibility index (Phi) is 3.50. The minimum Gasteiger partial charge on any atom is -0.299 e. The molecule has 1 aliphatic heterocycles. The first-order valence-corrected chi connectivity index (χ1v) is 8.17. The van der Waals surface area contributed by atoms with Crippen LogP contribution in [0.15, 0.2) is 76.6 Å². The van der Waals surface area contributed by atoms with Gasteiger partial charge < -0.3 is 0 Å². The molecule has 5 heteroatoms. The molecule has 1 heterocycles. The molecule has 0 saturated carbocycles. The predicted molar refractivity (Wildman–Crippen MR) is 85.5 cm³/mol. The number of rotatable bonds is 4. The maximum atomic E-state index is 12.6. The average molecular weight is 311 g/mol. The molecule has 110 valence electrons. The summed E-state index contributed by atoms with van der Waals surface area (Å²) in [6, 6.07) is 16.1. The van der Waals surface area contributed by atoms with E-state index in [2.05, 4.69) is 4.99 Å². The van der Waals surface area contributed by atoms with Gasteiger partial charge in [-0.3, -0.25) is 9.79 Å². The van der Waals surface area contributed by atoms with Crippen LogP contribution in [-0.2, 0) is 14.6 Å². The van der Waals surface area contributed by atoms with Gasteiger partial charge in [0.15, 0.2) is 6.29 Å². The number of hydrogen-bond donors (Lipinski definition) is 0. The van der Waals surface area contributed by atoms with Gasteiger partial charge in [-0.2, -0.15) is 0 Å². The molecule has 0 spiro atoms. The van der Waals surface area contributed by atoms with Gasteiger partial charge in [-0.25, -0.2) is 8.42 Å². The summed E-state index contributed by atoms with van der Waals surface area (Å²) >= 11 is 0. The molecule has 0 aliphatic carbocycles. The van der Waals surface area contributed by atoms with Crippen molar-refractivity contribution in [1.29, 1.82) is 0 Å². The maximum Gasteiger partial charge on any atom is 0.238 e. The van der Waals surface area contributed by atoms with Gasteiger partial charge >= 0.3 is 0 Å². The summed E-state index contributed by atoms with van der Waals surface area (Å²) in [4.78, 5) is 13.4. The second kappa shape index (κ2) is 5.35. The molecule has 1 unspecified atom stereocenters. The number of sulfone groups is 1. The zero-order valence-electron chi connectivity index (χ0n) is 11.6. The topological polar surface area (TPSA) is 63.6 Å². The van der Waals surface area contributed by atoms with E-state index in [0.29, 0.717) is 6.29 Å². The second-order valence-corrected chi connectivity index (χ2v) is 7.03. The number of carbonyl (C=O) groups excluding carboxylic acids is 1. The van der Waals surface area contributed by atoms with Crippen molar-refractivity contribution in [2.45, 2.75) is 9.77 Å². The fraction of sp³-hybridized carbons (Fsp3) is 0.0588. The SMILES string of the molecule is O=CC1(S(=O)(=O)c2ccc(-c3ccccc3)cc2)C=CC=N1. The third-order valence-electron chi connectivity index (χ3n) is 3.57. The lowest BCUT2D eigenvalue weighted by atomic mass is 10.1. The van der Waals surface area contributed by atoms with Gasteiger partial charge in [0.2, 0.25) is 14.7 Å². The maximum absolute atomic E-state index is 12.6. The highest BCUT2D eigenvalue weighted by molar-refractivity contribution is 7.93. The van der Waals surface area contributed by atoms with E-state index in [1.165, 1.54) is 30.5 Å². The van der Waals surface area contributed by atoms with Gasteiger partial charge in [0.25, 0.3) is 0 Å². The first-order chi connectivity index (χ1) is 10.6. The Morgan fingerprint density at radius 3 is 2.09 bits per heavy atom. The molecule has 2 aromatic rings. The van der Waals surface area contributed by atoms with Gasteiger partial charge in [-0.05, 0) is 35.4 Å². The Labute approximate surface area is 128 Å². The molecule has 1 aliphatic rings. The molecule has 0 radical (unpaired) electrons. The first kappa shape index (κ1) is 14.4. The van der Waals surface area contributed by atoms with Gasteiger partial charge in [-0.15, -0.1) is 0 Å². The van der Waals surface area contributed by atoms with E-state index >= 15 is 0 Å². The van der Waals surface area contributed by atoms with E-state index < -0.39 is 14.7 Å². The van der Waals surface area contributed by atoms with Crippen molar-refractivity contribution >= 4 is 22.3 Å². The van der Waals surface area contributed by atoms with Crippen molar-refractivity contribution in [3.05, 3.63) is 66.7 Å². The molecule has 0 bridgehead atoms. The summed E-state index contributed by atoms with van der Waals surface area (Å²) in [7, 11) is -3.90. The van der Waals surface area contributed by atoms with Gasteiger partial charge in [0, 0.05) is 6.21 Å². The molecular formula is C17H13NO3S. The third-order valence-corrected chi connectivity index (χ3v) is 5.66. The summed E-state index contributed by atoms with van der Waals surface area (Å²) in [6.07, 6.45) is 4.43. The molecular weight excluding hydrogens is 298 g/mol. The second-order valence-electron chi connectivity index (χ2n) is 4.90. The molecule has 2 aromatic carbocycles. The zero-order chi connectivity index (χ0) is 15.6. The Balaban J connectivity index is 2.01. The summed E-state index contributed by atoms with van der Waals surface area (Å²) in [5.74, 6) is 0. The van der Waals surface area contributed by atoms with E-state index in [1.807, 2.05) is 30.3 Å². The van der Waals surface area contributed by atoms with Crippen LogP contribution in [0, 0.1) is 0 Å². The summed E-state index contributed by atoms with van der Waals surface area (Å²) in [5.41, 5.74) is 1.90. The molecule has 3 rings (SSSR count). The smallest absolute Gasteiger partial charge is 0.238 e. The lowest BCUT2D eigenvalue weighted by Gasteiger charge is -2.17. The van der Waals surface area contributed by atoms with Gasteiger partial charge in [0.05, 0.1) is 4.90 Å². The standard InChI is InChI=1S/C17H13NO3S/c19-13-17(11-4-12-18-17)22(20,21)16-9-7-15(8-10-16)14-5-2-1-3-6-14/h1-13H. The molecule has 22 heavy (non-hydrogen) atoms. The molecule has 0 aromatic heterocycles. The lowest BCUT2D eigenvalue weighted by molar-refractivity contribution is -0.108. The fourth-order valence-electron chi connectivity index (χ4n) is 2.32. The van der Waals surface area contributed by atoms with Crippen molar-refractivity contribution < 1.29 is 13.2 Å². The van der Waals surface area contributed by atoms with Crippen molar-refractivity contribution in [3.8, 4) is 11.1 Å². The third kappa shape index (κ3) is 2.19.